The highest BCUT2D eigenvalue weighted by atomic mass is 79.9. The molecule has 0 aliphatic rings. The second-order valence-corrected chi connectivity index (χ2v) is 4.15. The normalized spacial score (nSPS) is 10.0. The lowest BCUT2D eigenvalue weighted by Gasteiger charge is -2.05. The molecule has 92 valence electrons. The largest absolute Gasteiger partial charge is 0.396 e. The monoisotopic (exact) mass is 302 g/mol. The number of benzene rings is 1. The Balaban J connectivity index is 2.75. The van der Waals surface area contributed by atoms with Crippen LogP contribution in [0.1, 0.15) is 12.8 Å². The van der Waals surface area contributed by atoms with Crippen LogP contribution in [-0.2, 0) is 4.79 Å². The molecule has 0 bridgehead atoms. The summed E-state index contributed by atoms with van der Waals surface area (Å²) in [7, 11) is 0. The Morgan fingerprint density at radius 2 is 2.24 bits per heavy atom. The zero-order valence-corrected chi connectivity index (χ0v) is 10.4. The Morgan fingerprint density at radius 1 is 1.53 bits per heavy atom. The molecule has 2 N–H and O–H groups in total. The van der Waals surface area contributed by atoms with Crippen molar-refractivity contribution in [1.82, 2.24) is 0 Å². The average Bonchev–Trinajstić information content (AvgIpc) is 2.28. The summed E-state index contributed by atoms with van der Waals surface area (Å²) < 4.78 is 0.357. The molecule has 0 aliphatic carbocycles. The maximum absolute atomic E-state index is 11.3. The van der Waals surface area contributed by atoms with Gasteiger partial charge in [-0.25, -0.2) is 0 Å². The van der Waals surface area contributed by atoms with Gasteiger partial charge in [0.05, 0.1) is 9.40 Å². The molecule has 0 radical (unpaired) electrons. The molecule has 1 amide bonds. The minimum atomic E-state index is -0.534. The molecule has 0 aliphatic heterocycles. The molecule has 7 heteroatoms. The van der Waals surface area contributed by atoms with Gasteiger partial charge in [-0.2, -0.15) is 0 Å². The fourth-order valence-electron chi connectivity index (χ4n) is 1.19. The zero-order chi connectivity index (χ0) is 12.8. The van der Waals surface area contributed by atoms with E-state index in [-0.39, 0.29) is 24.6 Å². The molecule has 17 heavy (non-hydrogen) atoms. The number of nitro groups is 1. The summed E-state index contributed by atoms with van der Waals surface area (Å²) in [6.07, 6.45) is 0.546. The first-order valence-corrected chi connectivity index (χ1v) is 5.68. The number of nitrogens with zero attached hydrogens (tertiary/aromatic N) is 1. The van der Waals surface area contributed by atoms with Crippen LogP contribution in [0, 0.1) is 10.1 Å². The summed E-state index contributed by atoms with van der Waals surface area (Å²) in [6.45, 7) is -0.0616. The number of hydrogen-bond acceptors (Lipinski definition) is 4. The lowest BCUT2D eigenvalue weighted by atomic mass is 10.2. The maximum Gasteiger partial charge on any atom is 0.285 e. The molecule has 1 rings (SSSR count). The molecule has 0 atom stereocenters. The van der Waals surface area contributed by atoms with Crippen LogP contribution in [0.3, 0.4) is 0 Å². The summed E-state index contributed by atoms with van der Waals surface area (Å²) >= 11 is 3.05. The van der Waals surface area contributed by atoms with Crippen LogP contribution < -0.4 is 5.32 Å². The second-order valence-electron chi connectivity index (χ2n) is 3.30. The van der Waals surface area contributed by atoms with Gasteiger partial charge in [0.2, 0.25) is 5.91 Å². The first-order chi connectivity index (χ1) is 8.04. The summed E-state index contributed by atoms with van der Waals surface area (Å²) in [6, 6.07) is 4.34. The van der Waals surface area contributed by atoms with Crippen molar-refractivity contribution in [1.29, 1.82) is 0 Å². The molecule has 0 unspecified atom stereocenters. The Hall–Kier alpha value is -1.47. The van der Waals surface area contributed by atoms with Crippen LogP contribution in [0.5, 0.6) is 0 Å². The third-order valence-corrected chi connectivity index (χ3v) is 2.66. The van der Waals surface area contributed by atoms with E-state index in [1.807, 2.05) is 0 Å². The predicted molar refractivity (Wildman–Crippen MR) is 65.7 cm³/mol. The SMILES string of the molecule is O=C(CCCO)Nc1ccc(Br)c([N+](=O)[O-])c1. The van der Waals surface area contributed by atoms with Crippen LogP contribution in [0.2, 0.25) is 0 Å². The summed E-state index contributed by atoms with van der Waals surface area (Å²) in [5.74, 6) is -0.282. The highest BCUT2D eigenvalue weighted by Gasteiger charge is 2.13. The Kier molecular flexibility index (Phi) is 5.05. The van der Waals surface area contributed by atoms with Crippen LogP contribution in [0.15, 0.2) is 22.7 Å². The zero-order valence-electron chi connectivity index (χ0n) is 8.85. The predicted octanol–water partition coefficient (Wildman–Crippen LogP) is 2.07. The quantitative estimate of drug-likeness (QED) is 0.643. The molecule has 0 heterocycles. The summed E-state index contributed by atoms with van der Waals surface area (Å²) in [5.41, 5.74) is 0.257. The van der Waals surface area contributed by atoms with Gasteiger partial charge in [0, 0.05) is 24.8 Å². The third kappa shape index (κ3) is 4.12. The smallest absolute Gasteiger partial charge is 0.285 e. The van der Waals surface area contributed by atoms with E-state index in [1.54, 1.807) is 6.07 Å². The number of rotatable bonds is 5. The van der Waals surface area contributed by atoms with E-state index < -0.39 is 4.92 Å². The fraction of sp³-hybridized carbons (Fsp3) is 0.300. The van der Waals surface area contributed by atoms with Crippen molar-refractivity contribution in [2.45, 2.75) is 12.8 Å². The average molecular weight is 303 g/mol. The molecule has 0 spiro atoms. The van der Waals surface area contributed by atoms with E-state index >= 15 is 0 Å². The second kappa shape index (κ2) is 6.31. The van der Waals surface area contributed by atoms with Crippen molar-refractivity contribution in [2.24, 2.45) is 0 Å². The van der Waals surface area contributed by atoms with E-state index in [9.17, 15) is 14.9 Å². The number of carbonyl (C=O) groups is 1. The number of aliphatic hydroxyl groups is 1. The molecule has 1 aromatic rings. The number of nitrogens with one attached hydrogen (secondary N) is 1. The van der Waals surface area contributed by atoms with Gasteiger partial charge in [-0.15, -0.1) is 0 Å². The number of halogens is 1. The van der Waals surface area contributed by atoms with Crippen LogP contribution in [0.25, 0.3) is 0 Å². The number of nitro benzene ring substituents is 1. The van der Waals surface area contributed by atoms with Gasteiger partial charge >= 0.3 is 0 Å². The molecular formula is C10H11BrN2O4. The van der Waals surface area contributed by atoms with Crippen molar-refractivity contribution >= 4 is 33.2 Å². The van der Waals surface area contributed by atoms with Crippen LogP contribution in [-0.4, -0.2) is 22.5 Å². The topological polar surface area (TPSA) is 92.5 Å². The van der Waals surface area contributed by atoms with E-state index in [0.717, 1.165) is 0 Å². The van der Waals surface area contributed by atoms with E-state index in [2.05, 4.69) is 21.2 Å². The highest BCUT2D eigenvalue weighted by molar-refractivity contribution is 9.10. The van der Waals surface area contributed by atoms with Gasteiger partial charge in [-0.05, 0) is 34.5 Å². The molecule has 0 aromatic heterocycles. The first kappa shape index (κ1) is 13.6. The minimum Gasteiger partial charge on any atom is -0.396 e. The first-order valence-electron chi connectivity index (χ1n) is 4.89. The number of carbonyl (C=O) groups excluding carboxylic acids is 1. The maximum atomic E-state index is 11.3. The number of amides is 1. The van der Waals surface area contributed by atoms with E-state index in [0.29, 0.717) is 16.6 Å². The Bertz CT molecular complexity index is 436. The molecule has 6 nitrogen and oxygen atoms in total. The molecule has 1 aromatic carbocycles. The van der Waals surface area contributed by atoms with Gasteiger partial charge < -0.3 is 10.4 Å². The summed E-state index contributed by atoms with van der Waals surface area (Å²) in [4.78, 5) is 21.5. The number of anilines is 1. The molecule has 0 fully saturated rings. The van der Waals surface area contributed by atoms with Crippen molar-refractivity contribution in [3.05, 3.63) is 32.8 Å². The third-order valence-electron chi connectivity index (χ3n) is 1.99. The highest BCUT2D eigenvalue weighted by Crippen LogP contribution is 2.27. The van der Waals surface area contributed by atoms with Gasteiger partial charge in [0.25, 0.3) is 5.69 Å². The Labute approximate surface area is 106 Å². The van der Waals surface area contributed by atoms with Crippen molar-refractivity contribution in [3.8, 4) is 0 Å². The van der Waals surface area contributed by atoms with Crippen molar-refractivity contribution in [3.63, 3.8) is 0 Å². The minimum absolute atomic E-state index is 0.0616. The lowest BCUT2D eigenvalue weighted by molar-refractivity contribution is -0.385. The van der Waals surface area contributed by atoms with Gasteiger partial charge in [-0.1, -0.05) is 0 Å². The number of aliphatic hydroxyl groups excluding tert-OH is 1. The van der Waals surface area contributed by atoms with E-state index in [1.165, 1.54) is 12.1 Å². The lowest BCUT2D eigenvalue weighted by Crippen LogP contribution is -2.11. The van der Waals surface area contributed by atoms with Crippen LogP contribution >= 0.6 is 15.9 Å². The van der Waals surface area contributed by atoms with Gasteiger partial charge in [0.15, 0.2) is 0 Å². The molecule has 0 saturated carbocycles. The van der Waals surface area contributed by atoms with Gasteiger partial charge in [0.1, 0.15) is 0 Å². The summed E-state index contributed by atoms with van der Waals surface area (Å²) in [5, 5.41) is 21.7. The fourth-order valence-corrected chi connectivity index (χ4v) is 1.58. The van der Waals surface area contributed by atoms with Crippen LogP contribution in [0.4, 0.5) is 11.4 Å². The molecular weight excluding hydrogens is 292 g/mol. The van der Waals surface area contributed by atoms with Gasteiger partial charge in [-0.3, -0.25) is 14.9 Å². The van der Waals surface area contributed by atoms with E-state index in [4.69, 9.17) is 5.11 Å². The van der Waals surface area contributed by atoms with Crippen molar-refractivity contribution in [2.75, 3.05) is 11.9 Å². The number of hydrogen-bond donors (Lipinski definition) is 2. The Morgan fingerprint density at radius 3 is 2.82 bits per heavy atom. The van der Waals surface area contributed by atoms with Crippen molar-refractivity contribution < 1.29 is 14.8 Å². The standard InChI is InChI=1S/C10H11BrN2O4/c11-8-4-3-7(6-9(8)13(16)17)12-10(15)2-1-5-14/h3-4,6,14H,1-2,5H2,(H,12,15). The molecule has 0 saturated heterocycles.